The Bertz CT molecular complexity index is 1130. The van der Waals surface area contributed by atoms with Gasteiger partial charge in [-0.05, 0) is 38.9 Å². The normalized spacial score (nSPS) is 16.3. The molecule has 2 aliphatic heterocycles. The van der Waals surface area contributed by atoms with Crippen molar-refractivity contribution in [3.63, 3.8) is 0 Å². The lowest BCUT2D eigenvalue weighted by Crippen LogP contribution is -2.35. The molecule has 168 valence electrons. The van der Waals surface area contributed by atoms with Crippen LogP contribution in [0.5, 0.6) is 23.0 Å². The number of nitrogens with one attached hydrogen (secondary N) is 1. The van der Waals surface area contributed by atoms with Gasteiger partial charge in [0.1, 0.15) is 35.4 Å². The Hall–Kier alpha value is -2.97. The van der Waals surface area contributed by atoms with Crippen LogP contribution in [0.1, 0.15) is 19.8 Å². The quantitative estimate of drug-likeness (QED) is 0.575. The Kier molecular flexibility index (Phi) is 5.80. The molecule has 3 heterocycles. The number of benzene rings is 2. The number of rotatable bonds is 6. The molecule has 3 aromatic rings. The highest BCUT2D eigenvalue weighted by molar-refractivity contribution is 6.34. The number of ether oxygens (including phenoxy) is 4. The van der Waals surface area contributed by atoms with E-state index in [4.69, 9.17) is 30.5 Å². The average molecular weight is 457 g/mol. The molecule has 5 rings (SSSR count). The zero-order valence-corrected chi connectivity index (χ0v) is 18.8. The monoisotopic (exact) mass is 456 g/mol. The summed E-state index contributed by atoms with van der Waals surface area (Å²) in [4.78, 5) is 11.3. The predicted octanol–water partition coefficient (Wildman–Crippen LogP) is 4.63. The van der Waals surface area contributed by atoms with Crippen LogP contribution in [0.2, 0.25) is 5.02 Å². The van der Waals surface area contributed by atoms with E-state index >= 15 is 0 Å². The summed E-state index contributed by atoms with van der Waals surface area (Å²) >= 11 is 6.49. The molecule has 0 spiro atoms. The number of halogens is 1. The van der Waals surface area contributed by atoms with Crippen LogP contribution in [0.4, 0.5) is 11.5 Å². The Morgan fingerprint density at radius 3 is 2.84 bits per heavy atom. The highest BCUT2D eigenvalue weighted by Crippen LogP contribution is 2.46. The minimum absolute atomic E-state index is 0.112. The Morgan fingerprint density at radius 2 is 2.03 bits per heavy atom. The third-order valence-corrected chi connectivity index (χ3v) is 5.99. The van der Waals surface area contributed by atoms with Crippen molar-refractivity contribution in [1.82, 2.24) is 14.9 Å². The minimum Gasteiger partial charge on any atom is -0.494 e. The van der Waals surface area contributed by atoms with Crippen LogP contribution in [0.15, 0.2) is 30.6 Å². The number of fused-ring (bicyclic) bond motifs is 2. The second-order valence-corrected chi connectivity index (χ2v) is 8.28. The van der Waals surface area contributed by atoms with Crippen LogP contribution in [0, 0.1) is 0 Å². The van der Waals surface area contributed by atoms with Crippen LogP contribution in [0.25, 0.3) is 10.9 Å². The molecule has 0 bridgehead atoms. The van der Waals surface area contributed by atoms with Crippen molar-refractivity contribution in [3.05, 3.63) is 35.6 Å². The first-order valence-corrected chi connectivity index (χ1v) is 11.1. The van der Waals surface area contributed by atoms with Crippen LogP contribution in [-0.2, 0) is 0 Å². The summed E-state index contributed by atoms with van der Waals surface area (Å²) < 4.78 is 23.4. The SMILES string of the molecule is CCOc1cc(OC2CCN(C)CC2)c2c(Nc3c(Cl)ccc4c3OCO4)ncnc2c1. The molecule has 2 aromatic carbocycles. The molecule has 0 atom stereocenters. The van der Waals surface area contributed by atoms with Gasteiger partial charge in [0.15, 0.2) is 11.5 Å². The molecule has 1 fully saturated rings. The van der Waals surface area contributed by atoms with E-state index in [1.54, 1.807) is 12.1 Å². The van der Waals surface area contributed by atoms with Crippen LogP contribution >= 0.6 is 11.6 Å². The van der Waals surface area contributed by atoms with Crippen LogP contribution < -0.4 is 24.3 Å². The first-order valence-electron chi connectivity index (χ1n) is 10.7. The van der Waals surface area contributed by atoms with E-state index in [9.17, 15) is 0 Å². The van der Waals surface area contributed by atoms with Gasteiger partial charge in [0.25, 0.3) is 0 Å². The lowest BCUT2D eigenvalue weighted by molar-refractivity contribution is 0.115. The van der Waals surface area contributed by atoms with Crippen molar-refractivity contribution >= 4 is 34.0 Å². The van der Waals surface area contributed by atoms with Gasteiger partial charge in [-0.1, -0.05) is 11.6 Å². The lowest BCUT2D eigenvalue weighted by Gasteiger charge is -2.30. The average Bonchev–Trinajstić information content (AvgIpc) is 3.26. The summed E-state index contributed by atoms with van der Waals surface area (Å²) in [5.41, 5.74) is 1.32. The van der Waals surface area contributed by atoms with Gasteiger partial charge < -0.3 is 29.2 Å². The molecule has 0 unspecified atom stereocenters. The summed E-state index contributed by atoms with van der Waals surface area (Å²) in [6, 6.07) is 7.36. The standard InChI is InChI=1S/C23H25ClN4O4/c1-3-29-15-10-17-20(19(11-15)32-14-6-8-28(2)9-7-14)23(26-12-25-17)27-21-16(24)4-5-18-22(21)31-13-30-18/h4-5,10-12,14H,3,6-9,13H2,1-2H3,(H,25,26,27). The summed E-state index contributed by atoms with van der Waals surface area (Å²) in [6.45, 7) is 4.65. The van der Waals surface area contributed by atoms with E-state index < -0.39 is 0 Å². The molecule has 0 saturated carbocycles. The Labute approximate surface area is 191 Å². The van der Waals surface area contributed by atoms with E-state index in [1.165, 1.54) is 6.33 Å². The summed E-state index contributed by atoms with van der Waals surface area (Å²) in [7, 11) is 2.13. The number of aromatic nitrogens is 2. The summed E-state index contributed by atoms with van der Waals surface area (Å²) in [6.07, 6.45) is 3.53. The first-order chi connectivity index (χ1) is 15.6. The smallest absolute Gasteiger partial charge is 0.231 e. The largest absolute Gasteiger partial charge is 0.494 e. The first kappa shape index (κ1) is 20.9. The summed E-state index contributed by atoms with van der Waals surface area (Å²) in [5, 5.41) is 4.61. The molecule has 0 radical (unpaired) electrons. The topological polar surface area (TPSA) is 78.0 Å². The van der Waals surface area contributed by atoms with Crippen molar-refractivity contribution in [2.24, 2.45) is 0 Å². The van der Waals surface area contributed by atoms with Gasteiger partial charge in [-0.15, -0.1) is 0 Å². The highest BCUT2D eigenvalue weighted by Gasteiger charge is 2.24. The van der Waals surface area contributed by atoms with Gasteiger partial charge in [0.05, 0.1) is 22.5 Å². The fourth-order valence-electron chi connectivity index (χ4n) is 4.03. The maximum Gasteiger partial charge on any atom is 0.231 e. The van der Waals surface area contributed by atoms with Gasteiger partial charge in [0.2, 0.25) is 6.79 Å². The van der Waals surface area contributed by atoms with Crippen molar-refractivity contribution in [2.75, 3.05) is 38.9 Å². The van der Waals surface area contributed by atoms with Crippen LogP contribution in [-0.4, -0.2) is 54.5 Å². The van der Waals surface area contributed by atoms with E-state index in [0.29, 0.717) is 46.1 Å². The highest BCUT2D eigenvalue weighted by atomic mass is 35.5. The van der Waals surface area contributed by atoms with Gasteiger partial charge in [-0.3, -0.25) is 0 Å². The molecular formula is C23H25ClN4O4. The number of likely N-dealkylation sites (tertiary alicyclic amines) is 1. The zero-order chi connectivity index (χ0) is 22.1. The number of anilines is 2. The van der Waals surface area contributed by atoms with E-state index in [1.807, 2.05) is 19.1 Å². The zero-order valence-electron chi connectivity index (χ0n) is 18.1. The van der Waals surface area contributed by atoms with Gasteiger partial charge in [-0.2, -0.15) is 0 Å². The van der Waals surface area contributed by atoms with Crippen molar-refractivity contribution in [1.29, 1.82) is 0 Å². The molecule has 1 saturated heterocycles. The minimum atomic E-state index is 0.112. The molecule has 2 aliphatic rings. The third-order valence-electron chi connectivity index (χ3n) is 5.68. The number of hydrogen-bond donors (Lipinski definition) is 1. The van der Waals surface area contributed by atoms with E-state index in [-0.39, 0.29) is 12.9 Å². The third kappa shape index (κ3) is 4.08. The second-order valence-electron chi connectivity index (χ2n) is 7.87. The number of hydrogen-bond acceptors (Lipinski definition) is 8. The lowest BCUT2D eigenvalue weighted by atomic mass is 10.1. The molecular weight excluding hydrogens is 432 g/mol. The van der Waals surface area contributed by atoms with E-state index in [2.05, 4.69) is 27.2 Å². The number of nitrogens with zero attached hydrogens (tertiary/aromatic N) is 3. The fourth-order valence-corrected chi connectivity index (χ4v) is 4.23. The van der Waals surface area contributed by atoms with Crippen LogP contribution in [0.3, 0.4) is 0 Å². The maximum absolute atomic E-state index is 6.49. The van der Waals surface area contributed by atoms with Crippen molar-refractivity contribution < 1.29 is 18.9 Å². The molecule has 1 aromatic heterocycles. The maximum atomic E-state index is 6.49. The van der Waals surface area contributed by atoms with Gasteiger partial charge >= 0.3 is 0 Å². The molecule has 9 heteroatoms. The number of piperidine rings is 1. The molecule has 1 N–H and O–H groups in total. The Balaban J connectivity index is 1.57. The molecule has 8 nitrogen and oxygen atoms in total. The molecule has 0 amide bonds. The Morgan fingerprint density at radius 1 is 1.19 bits per heavy atom. The second kappa shape index (κ2) is 8.88. The van der Waals surface area contributed by atoms with Gasteiger partial charge in [-0.25, -0.2) is 9.97 Å². The van der Waals surface area contributed by atoms with Gasteiger partial charge in [0, 0.05) is 25.2 Å². The molecule has 32 heavy (non-hydrogen) atoms. The summed E-state index contributed by atoms with van der Waals surface area (Å²) in [5.74, 6) is 3.17. The predicted molar refractivity (Wildman–Crippen MR) is 123 cm³/mol. The fraction of sp³-hybridized carbons (Fsp3) is 0.391. The van der Waals surface area contributed by atoms with E-state index in [0.717, 1.165) is 36.8 Å². The van der Waals surface area contributed by atoms with Crippen molar-refractivity contribution in [3.8, 4) is 23.0 Å². The van der Waals surface area contributed by atoms with Crippen molar-refractivity contribution in [2.45, 2.75) is 25.9 Å². The molecule has 0 aliphatic carbocycles.